The third kappa shape index (κ3) is 5.55. The largest absolute Gasteiger partial charge is 0.370 e. The summed E-state index contributed by atoms with van der Waals surface area (Å²) >= 11 is 0. The maximum absolute atomic E-state index is 14.8. The number of anilines is 2. The summed E-state index contributed by atoms with van der Waals surface area (Å²) in [6.45, 7) is -1.39. The molecule has 2 heterocycles. The van der Waals surface area contributed by atoms with Crippen molar-refractivity contribution >= 4 is 51.7 Å². The number of nitro benzene ring substituents is 1. The number of para-hydroxylation sites is 1. The summed E-state index contributed by atoms with van der Waals surface area (Å²) < 4.78 is 25.2. The highest BCUT2D eigenvalue weighted by atomic mass is 19.1. The summed E-state index contributed by atoms with van der Waals surface area (Å²) in [5.41, 5.74) is 5.84. The number of hydrogen-bond donors (Lipinski definition) is 1. The molecular formula is C32H23FN6O8. The van der Waals surface area contributed by atoms with E-state index in [1.807, 2.05) is 0 Å². The van der Waals surface area contributed by atoms with Gasteiger partial charge in [0.1, 0.15) is 6.61 Å². The van der Waals surface area contributed by atoms with E-state index in [4.69, 9.17) is 15.1 Å². The lowest BCUT2D eigenvalue weighted by molar-refractivity contribution is -0.383. The molecule has 0 bridgehead atoms. The zero-order chi connectivity index (χ0) is 33.2. The molecule has 1 atom stereocenters. The summed E-state index contributed by atoms with van der Waals surface area (Å²) in [5, 5.41) is 19.1. The number of nitrogens with zero attached hydrogens (tertiary/aromatic N) is 5. The summed E-state index contributed by atoms with van der Waals surface area (Å²) in [5.74, 6) is -3.43. The fourth-order valence-corrected chi connectivity index (χ4v) is 5.40. The molecule has 1 aliphatic heterocycles. The van der Waals surface area contributed by atoms with Crippen LogP contribution in [0.1, 0.15) is 32.5 Å². The van der Waals surface area contributed by atoms with Gasteiger partial charge in [-0.15, -0.1) is 0 Å². The number of carbonyl (C=O) groups excluding carboxylic acids is 4. The molecule has 1 aromatic heterocycles. The fourth-order valence-electron chi connectivity index (χ4n) is 5.40. The Kier molecular flexibility index (Phi) is 8.20. The molecule has 4 aromatic carbocycles. The van der Waals surface area contributed by atoms with Crippen LogP contribution in [0.2, 0.25) is 0 Å². The molecule has 0 fully saturated rings. The minimum absolute atomic E-state index is 0.0235. The highest BCUT2D eigenvalue weighted by molar-refractivity contribution is 6.15. The number of nitro groups is 1. The van der Waals surface area contributed by atoms with Crippen molar-refractivity contribution in [1.29, 1.82) is 0 Å². The van der Waals surface area contributed by atoms with E-state index in [0.29, 0.717) is 16.0 Å². The van der Waals surface area contributed by atoms with Crippen molar-refractivity contribution in [3.05, 3.63) is 112 Å². The van der Waals surface area contributed by atoms with Crippen molar-refractivity contribution in [1.82, 2.24) is 15.2 Å². The van der Waals surface area contributed by atoms with Gasteiger partial charge in [-0.1, -0.05) is 60.7 Å². The van der Waals surface area contributed by atoms with E-state index >= 15 is 0 Å². The van der Waals surface area contributed by atoms with Gasteiger partial charge in [0.05, 0.1) is 35.0 Å². The molecule has 0 saturated carbocycles. The van der Waals surface area contributed by atoms with Gasteiger partial charge >= 0.3 is 5.69 Å². The number of nitrogens with two attached hydrogens (primary N) is 1. The Hall–Kier alpha value is -6.35. The van der Waals surface area contributed by atoms with E-state index < -0.39 is 47.0 Å². The Bertz CT molecular complexity index is 2070. The maximum Gasteiger partial charge on any atom is 0.300 e. The van der Waals surface area contributed by atoms with Gasteiger partial charge in [-0.3, -0.25) is 39.1 Å². The van der Waals surface area contributed by atoms with Crippen LogP contribution in [0.4, 0.5) is 21.5 Å². The van der Waals surface area contributed by atoms with Crippen LogP contribution in [-0.4, -0.2) is 63.5 Å². The van der Waals surface area contributed by atoms with Crippen LogP contribution in [0.25, 0.3) is 22.2 Å². The summed E-state index contributed by atoms with van der Waals surface area (Å²) in [6.07, 6.45) is -2.04. The third-order valence-electron chi connectivity index (χ3n) is 7.55. The van der Waals surface area contributed by atoms with Gasteiger partial charge in [0.25, 0.3) is 23.6 Å². The number of aromatic nitrogens is 2. The van der Waals surface area contributed by atoms with Gasteiger partial charge in [0.15, 0.2) is 5.52 Å². The number of rotatable bonds is 10. The Morgan fingerprint density at radius 3 is 2.40 bits per heavy atom. The lowest BCUT2D eigenvalue weighted by Crippen LogP contribution is -2.45. The molecule has 4 amide bonds. The van der Waals surface area contributed by atoms with Crippen LogP contribution in [-0.2, 0) is 14.3 Å². The van der Waals surface area contributed by atoms with Crippen LogP contribution < -0.4 is 10.6 Å². The minimum atomic E-state index is -2.04. The number of amides is 4. The molecule has 236 valence electrons. The van der Waals surface area contributed by atoms with Crippen molar-refractivity contribution < 1.29 is 37.9 Å². The van der Waals surface area contributed by atoms with Crippen molar-refractivity contribution in [3.8, 4) is 11.1 Å². The molecule has 5 aromatic rings. The molecule has 2 N–H and O–H groups in total. The Balaban J connectivity index is 1.36. The molecule has 0 radical (unpaired) electrons. The topological polar surface area (TPSA) is 192 Å². The molecule has 14 nitrogen and oxygen atoms in total. The molecule has 0 saturated heterocycles. The number of benzene rings is 4. The summed E-state index contributed by atoms with van der Waals surface area (Å²) in [6, 6.07) is 21.6. The Labute approximate surface area is 264 Å². The average molecular weight is 639 g/mol. The first-order chi connectivity index (χ1) is 22.7. The molecule has 1 unspecified atom stereocenters. The number of primary amides is 1. The van der Waals surface area contributed by atoms with Gasteiger partial charge in [-0.2, -0.15) is 0 Å². The van der Waals surface area contributed by atoms with Crippen molar-refractivity contribution in [2.75, 3.05) is 24.7 Å². The number of alkyl halides is 1. The van der Waals surface area contributed by atoms with Gasteiger partial charge in [-0.25, -0.2) is 9.02 Å². The van der Waals surface area contributed by atoms with Crippen LogP contribution >= 0.6 is 0 Å². The second-order valence-corrected chi connectivity index (χ2v) is 10.3. The third-order valence-corrected chi connectivity index (χ3v) is 7.55. The van der Waals surface area contributed by atoms with E-state index in [1.54, 1.807) is 48.5 Å². The predicted molar refractivity (Wildman–Crippen MR) is 163 cm³/mol. The Morgan fingerprint density at radius 1 is 0.957 bits per heavy atom. The molecule has 15 heteroatoms. The number of non-ortho nitro benzene ring substituents is 1. The standard InChI is InChI=1S/C32H23FN6O8/c33-26-20-9-4-5-10-21(20)31(42)37(32(26)43)15-16-46-17-25(40)38(23-13-14-24(39(44)45)28-27(23)35-47-36-28)29-19(18-7-2-1-3-8-18)11-6-12-22(29)30(34)41/h1-14,26H,15-17H2,(H2,34,41). The van der Waals surface area contributed by atoms with Gasteiger partial charge in [0, 0.05) is 22.8 Å². The normalized spacial score (nSPS) is 14.2. The fraction of sp³-hybridized carbons (Fsp3) is 0.125. The number of fused-ring (bicyclic) bond motifs is 2. The first kappa shape index (κ1) is 30.7. The van der Waals surface area contributed by atoms with Crippen molar-refractivity contribution in [3.63, 3.8) is 0 Å². The van der Waals surface area contributed by atoms with Crippen LogP contribution in [0.3, 0.4) is 0 Å². The monoisotopic (exact) mass is 638 g/mol. The summed E-state index contributed by atoms with van der Waals surface area (Å²) in [7, 11) is 0. The quantitative estimate of drug-likeness (QED) is 0.1000. The highest BCUT2D eigenvalue weighted by Crippen LogP contribution is 2.41. The van der Waals surface area contributed by atoms with Gasteiger partial charge < -0.3 is 10.5 Å². The van der Waals surface area contributed by atoms with E-state index in [1.165, 1.54) is 30.3 Å². The molecule has 47 heavy (non-hydrogen) atoms. The molecule has 6 rings (SSSR count). The zero-order valence-electron chi connectivity index (χ0n) is 24.2. The molecule has 1 aliphatic rings. The Morgan fingerprint density at radius 2 is 1.66 bits per heavy atom. The van der Waals surface area contributed by atoms with Crippen molar-refractivity contribution in [2.24, 2.45) is 5.73 Å². The van der Waals surface area contributed by atoms with Crippen LogP contribution in [0.5, 0.6) is 0 Å². The minimum Gasteiger partial charge on any atom is -0.370 e. The summed E-state index contributed by atoms with van der Waals surface area (Å²) in [4.78, 5) is 65.2. The second-order valence-electron chi connectivity index (χ2n) is 10.3. The smallest absolute Gasteiger partial charge is 0.300 e. The molecule has 0 aliphatic carbocycles. The predicted octanol–water partition coefficient (Wildman–Crippen LogP) is 4.27. The van der Waals surface area contributed by atoms with Gasteiger partial charge in [-0.05, 0) is 34.1 Å². The number of hydrogen-bond acceptors (Lipinski definition) is 10. The van der Waals surface area contributed by atoms with Crippen molar-refractivity contribution in [2.45, 2.75) is 6.17 Å². The maximum atomic E-state index is 14.8. The average Bonchev–Trinajstić information content (AvgIpc) is 3.58. The molecule has 0 spiro atoms. The SMILES string of the molecule is NC(=O)c1cccc(-c2ccccc2)c1N(C(=O)COCCN1C(=O)c2ccccc2C(F)C1=O)c1ccc([N+](=O)[O-])c2nonc12. The second kappa shape index (κ2) is 12.6. The van der Waals surface area contributed by atoms with E-state index in [-0.39, 0.29) is 52.3 Å². The van der Waals surface area contributed by atoms with Crippen LogP contribution in [0.15, 0.2) is 89.6 Å². The lowest BCUT2D eigenvalue weighted by atomic mass is 9.97. The van der Waals surface area contributed by atoms with Gasteiger partial charge in [0.2, 0.25) is 11.7 Å². The first-order valence-electron chi connectivity index (χ1n) is 14.1. The zero-order valence-corrected chi connectivity index (χ0v) is 24.2. The number of carbonyl (C=O) groups is 4. The number of ether oxygens (including phenoxy) is 1. The number of halogens is 1. The first-order valence-corrected chi connectivity index (χ1v) is 14.1. The molecular weight excluding hydrogens is 615 g/mol. The van der Waals surface area contributed by atoms with E-state index in [9.17, 15) is 33.7 Å². The lowest BCUT2D eigenvalue weighted by Gasteiger charge is -2.29. The van der Waals surface area contributed by atoms with Crippen LogP contribution in [0, 0.1) is 10.1 Å². The van der Waals surface area contributed by atoms with E-state index in [0.717, 1.165) is 11.0 Å². The van der Waals surface area contributed by atoms with E-state index in [2.05, 4.69) is 10.3 Å². The highest BCUT2D eigenvalue weighted by Gasteiger charge is 2.38. The number of imide groups is 1.